The highest BCUT2D eigenvalue weighted by Crippen LogP contribution is 2.32. The Labute approximate surface area is 180 Å². The minimum atomic E-state index is 0.00889. The lowest BCUT2D eigenvalue weighted by Gasteiger charge is -2.31. The number of carbonyl (C=O) groups excluding carboxylic acids is 2. The second kappa shape index (κ2) is 8.68. The molecule has 3 aromatic rings. The van der Waals surface area contributed by atoms with Gasteiger partial charge in [0.15, 0.2) is 5.78 Å². The van der Waals surface area contributed by atoms with E-state index in [0.29, 0.717) is 19.5 Å². The van der Waals surface area contributed by atoms with Crippen LogP contribution in [0.1, 0.15) is 28.9 Å². The van der Waals surface area contributed by atoms with Crippen molar-refractivity contribution in [2.75, 3.05) is 13.1 Å². The number of benzene rings is 1. The van der Waals surface area contributed by atoms with Crippen LogP contribution in [-0.2, 0) is 11.2 Å². The molecule has 1 aliphatic heterocycles. The summed E-state index contributed by atoms with van der Waals surface area (Å²) in [5.41, 5.74) is 1.58. The summed E-state index contributed by atoms with van der Waals surface area (Å²) < 4.78 is 1.05. The first-order valence-electron chi connectivity index (χ1n) is 9.16. The molecule has 0 aliphatic carbocycles. The maximum atomic E-state index is 12.7. The van der Waals surface area contributed by atoms with Crippen molar-refractivity contribution in [2.45, 2.75) is 19.3 Å². The van der Waals surface area contributed by atoms with Crippen molar-refractivity contribution < 1.29 is 9.59 Å². The molecule has 0 bridgehead atoms. The number of thiazole rings is 1. The predicted molar refractivity (Wildman–Crippen MR) is 117 cm³/mol. The lowest BCUT2D eigenvalue weighted by atomic mass is 9.89. The second-order valence-corrected chi connectivity index (χ2v) is 9.52. The van der Waals surface area contributed by atoms with Gasteiger partial charge in [-0.2, -0.15) is 0 Å². The van der Waals surface area contributed by atoms with Crippen molar-refractivity contribution >= 4 is 50.3 Å². The Morgan fingerprint density at radius 1 is 1.11 bits per heavy atom. The van der Waals surface area contributed by atoms with E-state index in [1.54, 1.807) is 22.7 Å². The summed E-state index contributed by atoms with van der Waals surface area (Å²) in [7, 11) is 0. The molecule has 0 spiro atoms. The molecule has 0 atom stereocenters. The van der Waals surface area contributed by atoms with Crippen LogP contribution in [0.3, 0.4) is 0 Å². The van der Waals surface area contributed by atoms with Crippen molar-refractivity contribution in [3.8, 4) is 9.88 Å². The van der Waals surface area contributed by atoms with Crippen molar-refractivity contribution in [3.63, 3.8) is 0 Å². The highest BCUT2D eigenvalue weighted by molar-refractivity contribution is 9.10. The fourth-order valence-electron chi connectivity index (χ4n) is 3.42. The number of Topliss-reactive ketones (excluding diaryl/α,β-unsaturated/α-hetero) is 1. The zero-order valence-corrected chi connectivity index (χ0v) is 18.4. The van der Waals surface area contributed by atoms with Gasteiger partial charge in [-0.05, 0) is 34.8 Å². The van der Waals surface area contributed by atoms with Gasteiger partial charge in [0.2, 0.25) is 5.91 Å². The molecule has 0 unspecified atom stereocenters. The maximum Gasteiger partial charge on any atom is 0.228 e. The van der Waals surface area contributed by atoms with Crippen molar-refractivity contribution in [1.82, 2.24) is 9.88 Å². The molecular weight excluding hydrogens is 456 g/mol. The molecule has 4 rings (SSSR count). The lowest BCUT2D eigenvalue weighted by molar-refractivity contribution is -0.131. The first kappa shape index (κ1) is 19.5. The normalized spacial score (nSPS) is 15.0. The molecule has 0 radical (unpaired) electrons. The molecule has 28 heavy (non-hydrogen) atoms. The SMILES string of the molecule is O=C(c1ccccc1)C1CCN(C(=O)Cc2csc(-c3cc(Br)cs3)n2)CC1. The molecule has 1 fully saturated rings. The summed E-state index contributed by atoms with van der Waals surface area (Å²) in [6, 6.07) is 11.5. The van der Waals surface area contributed by atoms with Crippen LogP contribution < -0.4 is 0 Å². The number of nitrogens with zero attached hydrogens (tertiary/aromatic N) is 2. The van der Waals surface area contributed by atoms with Crippen molar-refractivity contribution in [2.24, 2.45) is 5.92 Å². The summed E-state index contributed by atoms with van der Waals surface area (Å²) in [6.07, 6.45) is 1.77. The molecule has 0 saturated carbocycles. The zero-order chi connectivity index (χ0) is 19.5. The number of piperidine rings is 1. The number of hydrogen-bond acceptors (Lipinski definition) is 5. The first-order valence-corrected chi connectivity index (χ1v) is 11.7. The van der Waals surface area contributed by atoms with Crippen LogP contribution in [0.25, 0.3) is 9.88 Å². The van der Waals surface area contributed by atoms with Gasteiger partial charge in [0, 0.05) is 39.8 Å². The predicted octanol–water partition coefficient (Wildman–Crippen LogP) is 5.30. The quantitative estimate of drug-likeness (QED) is 0.471. The molecule has 3 heterocycles. The van der Waals surface area contributed by atoms with Crippen LogP contribution in [0.15, 0.2) is 51.6 Å². The number of carbonyl (C=O) groups is 2. The molecule has 1 aromatic carbocycles. The van der Waals surface area contributed by atoms with Gasteiger partial charge in [0.05, 0.1) is 17.0 Å². The fraction of sp³-hybridized carbons (Fsp3) is 0.286. The molecule has 144 valence electrons. The standard InChI is InChI=1S/C21H19BrN2O2S2/c22-16-10-18(27-12-16)21-23-17(13-28-21)11-19(25)24-8-6-15(7-9-24)20(26)14-4-2-1-3-5-14/h1-5,10,12-13,15H,6-9,11H2. The third-order valence-corrected chi connectivity index (χ3v) is 7.69. The van der Waals surface area contributed by atoms with Crippen LogP contribution in [-0.4, -0.2) is 34.7 Å². The van der Waals surface area contributed by atoms with Gasteiger partial charge in [-0.3, -0.25) is 9.59 Å². The lowest BCUT2D eigenvalue weighted by Crippen LogP contribution is -2.41. The van der Waals surface area contributed by atoms with E-state index in [1.165, 1.54) is 0 Å². The summed E-state index contributed by atoms with van der Waals surface area (Å²) in [5.74, 6) is 0.295. The van der Waals surface area contributed by atoms with E-state index in [1.807, 2.05) is 52.1 Å². The molecular formula is C21H19BrN2O2S2. The number of hydrogen-bond donors (Lipinski definition) is 0. The van der Waals surface area contributed by atoms with Crippen LogP contribution in [0.2, 0.25) is 0 Å². The molecule has 7 heteroatoms. The number of ketones is 1. The number of amides is 1. The fourth-order valence-corrected chi connectivity index (χ4v) is 5.75. The Balaban J connectivity index is 1.32. The van der Waals surface area contributed by atoms with Gasteiger partial charge >= 0.3 is 0 Å². The Morgan fingerprint density at radius 2 is 1.86 bits per heavy atom. The molecule has 1 aliphatic rings. The third kappa shape index (κ3) is 4.42. The van der Waals surface area contributed by atoms with E-state index in [2.05, 4.69) is 20.9 Å². The summed E-state index contributed by atoms with van der Waals surface area (Å²) in [6.45, 7) is 1.27. The Hall–Kier alpha value is -1.83. The van der Waals surface area contributed by atoms with Crippen LogP contribution in [0.4, 0.5) is 0 Å². The average Bonchev–Trinajstić information content (AvgIpc) is 3.37. The largest absolute Gasteiger partial charge is 0.342 e. The maximum absolute atomic E-state index is 12.7. The van der Waals surface area contributed by atoms with E-state index < -0.39 is 0 Å². The number of halogens is 1. The second-order valence-electron chi connectivity index (χ2n) is 6.84. The van der Waals surface area contributed by atoms with Crippen LogP contribution in [0.5, 0.6) is 0 Å². The average molecular weight is 475 g/mol. The Morgan fingerprint density at radius 3 is 2.54 bits per heavy atom. The molecule has 0 N–H and O–H groups in total. The summed E-state index contributed by atoms with van der Waals surface area (Å²) in [4.78, 5) is 32.9. The van der Waals surface area contributed by atoms with Gasteiger partial charge in [-0.15, -0.1) is 22.7 Å². The van der Waals surface area contributed by atoms with Gasteiger partial charge in [0.1, 0.15) is 5.01 Å². The molecule has 4 nitrogen and oxygen atoms in total. The summed E-state index contributed by atoms with van der Waals surface area (Å²) in [5, 5.41) is 4.94. The summed E-state index contributed by atoms with van der Waals surface area (Å²) >= 11 is 6.67. The molecule has 1 amide bonds. The third-order valence-electron chi connectivity index (χ3n) is 4.94. The van der Waals surface area contributed by atoms with E-state index in [-0.39, 0.29) is 17.6 Å². The number of rotatable bonds is 5. The number of aromatic nitrogens is 1. The molecule has 2 aromatic heterocycles. The van der Waals surface area contributed by atoms with Crippen LogP contribution in [0, 0.1) is 5.92 Å². The smallest absolute Gasteiger partial charge is 0.228 e. The van der Waals surface area contributed by atoms with Gasteiger partial charge in [-0.1, -0.05) is 30.3 Å². The van der Waals surface area contributed by atoms with Gasteiger partial charge < -0.3 is 4.90 Å². The van der Waals surface area contributed by atoms with E-state index in [4.69, 9.17) is 0 Å². The first-order chi connectivity index (χ1) is 13.6. The van der Waals surface area contributed by atoms with E-state index in [0.717, 1.165) is 38.5 Å². The number of thiophene rings is 1. The van der Waals surface area contributed by atoms with Crippen molar-refractivity contribution in [3.05, 3.63) is 62.9 Å². The minimum Gasteiger partial charge on any atom is -0.342 e. The minimum absolute atomic E-state index is 0.00889. The Kier molecular flexibility index (Phi) is 6.04. The van der Waals surface area contributed by atoms with E-state index in [9.17, 15) is 9.59 Å². The van der Waals surface area contributed by atoms with Gasteiger partial charge in [0.25, 0.3) is 0 Å². The van der Waals surface area contributed by atoms with Crippen LogP contribution >= 0.6 is 38.6 Å². The number of likely N-dealkylation sites (tertiary alicyclic amines) is 1. The van der Waals surface area contributed by atoms with E-state index >= 15 is 0 Å². The highest BCUT2D eigenvalue weighted by Gasteiger charge is 2.28. The molecule has 1 saturated heterocycles. The highest BCUT2D eigenvalue weighted by atomic mass is 79.9. The zero-order valence-electron chi connectivity index (χ0n) is 15.1. The topological polar surface area (TPSA) is 50.3 Å². The Bertz CT molecular complexity index is 975. The van der Waals surface area contributed by atoms with Gasteiger partial charge in [-0.25, -0.2) is 4.98 Å². The van der Waals surface area contributed by atoms with Crippen molar-refractivity contribution in [1.29, 1.82) is 0 Å². The monoisotopic (exact) mass is 474 g/mol.